The Morgan fingerprint density at radius 3 is 2.74 bits per heavy atom. The molecule has 8 nitrogen and oxygen atoms in total. The summed E-state index contributed by atoms with van der Waals surface area (Å²) in [6.45, 7) is -0.187. The Balaban J connectivity index is 1.71. The van der Waals surface area contributed by atoms with Crippen molar-refractivity contribution >= 4 is 34.3 Å². The first-order chi connectivity index (χ1) is 13.0. The van der Waals surface area contributed by atoms with E-state index in [1.807, 2.05) is 0 Å². The molecule has 0 unspecified atom stereocenters. The zero-order valence-corrected chi connectivity index (χ0v) is 15.0. The van der Waals surface area contributed by atoms with Crippen LogP contribution in [0.25, 0.3) is 10.9 Å². The van der Waals surface area contributed by atoms with E-state index in [9.17, 15) is 14.4 Å². The number of hydrazine groups is 1. The lowest BCUT2D eigenvalue weighted by Crippen LogP contribution is -2.43. The number of hydrogen-bond donors (Lipinski definition) is 2. The molecule has 0 radical (unpaired) electrons. The monoisotopic (exact) mass is 386 g/mol. The number of hydrogen-bond acceptors (Lipinski definition) is 5. The third-order valence-corrected chi connectivity index (χ3v) is 4.01. The first-order valence-corrected chi connectivity index (χ1v) is 8.25. The van der Waals surface area contributed by atoms with Gasteiger partial charge >= 0.3 is 0 Å². The van der Waals surface area contributed by atoms with Crippen molar-refractivity contribution in [1.82, 2.24) is 20.6 Å². The molecule has 138 valence electrons. The predicted octanol–water partition coefficient (Wildman–Crippen LogP) is 1.52. The van der Waals surface area contributed by atoms with Gasteiger partial charge in [0.1, 0.15) is 12.3 Å². The third kappa shape index (κ3) is 4.06. The van der Waals surface area contributed by atoms with E-state index in [4.69, 9.17) is 16.3 Å². The van der Waals surface area contributed by atoms with Gasteiger partial charge < -0.3 is 4.74 Å². The van der Waals surface area contributed by atoms with Crippen LogP contribution in [0.2, 0.25) is 5.02 Å². The summed E-state index contributed by atoms with van der Waals surface area (Å²) in [4.78, 5) is 36.3. The predicted molar refractivity (Wildman–Crippen MR) is 99.6 cm³/mol. The van der Waals surface area contributed by atoms with Crippen LogP contribution in [0.5, 0.6) is 5.75 Å². The minimum Gasteiger partial charge on any atom is -0.496 e. The van der Waals surface area contributed by atoms with E-state index in [0.29, 0.717) is 21.7 Å². The van der Waals surface area contributed by atoms with Gasteiger partial charge in [0.05, 0.1) is 24.4 Å². The molecule has 2 amide bonds. The molecular weight excluding hydrogens is 372 g/mol. The van der Waals surface area contributed by atoms with Crippen LogP contribution < -0.4 is 21.0 Å². The van der Waals surface area contributed by atoms with Crippen LogP contribution in [0, 0.1) is 0 Å². The highest BCUT2D eigenvalue weighted by molar-refractivity contribution is 6.31. The Labute approximate surface area is 158 Å². The molecule has 0 aliphatic rings. The molecule has 0 saturated heterocycles. The Morgan fingerprint density at radius 2 is 1.96 bits per heavy atom. The van der Waals surface area contributed by atoms with Crippen LogP contribution in [0.4, 0.5) is 0 Å². The van der Waals surface area contributed by atoms with Gasteiger partial charge in [-0.25, -0.2) is 0 Å². The zero-order chi connectivity index (χ0) is 19.4. The van der Waals surface area contributed by atoms with Gasteiger partial charge in [-0.15, -0.1) is 0 Å². The Hall–Kier alpha value is -3.39. The number of benzene rings is 2. The second kappa shape index (κ2) is 7.88. The van der Waals surface area contributed by atoms with E-state index in [0.717, 1.165) is 6.20 Å². The number of carbonyl (C=O) groups excluding carboxylic acids is 2. The smallest absolute Gasteiger partial charge is 0.273 e. The summed E-state index contributed by atoms with van der Waals surface area (Å²) >= 11 is 5.90. The molecule has 0 aliphatic heterocycles. The standard InChI is InChI=1S/C18H15ClN4O4/c1-27-16-7-6-11(19)8-13(16)18(26)22-21-17(25)10-23-14-5-3-2-4-12(14)15(24)9-20-23/h2-9H,10H2,1H3,(H,21,25)(H,22,26). The number of nitrogens with zero attached hydrogens (tertiary/aromatic N) is 2. The highest BCUT2D eigenvalue weighted by Crippen LogP contribution is 2.22. The Bertz CT molecular complexity index is 1080. The lowest BCUT2D eigenvalue weighted by Gasteiger charge is -2.12. The van der Waals surface area contributed by atoms with Gasteiger partial charge in [0, 0.05) is 10.4 Å². The highest BCUT2D eigenvalue weighted by atomic mass is 35.5. The summed E-state index contributed by atoms with van der Waals surface area (Å²) in [5, 5.41) is 4.77. The normalized spacial score (nSPS) is 10.4. The molecule has 0 atom stereocenters. The molecule has 1 heterocycles. The third-order valence-electron chi connectivity index (χ3n) is 3.78. The van der Waals surface area contributed by atoms with E-state index in [-0.39, 0.29) is 17.5 Å². The van der Waals surface area contributed by atoms with Crippen molar-refractivity contribution in [3.8, 4) is 5.75 Å². The van der Waals surface area contributed by atoms with Crippen molar-refractivity contribution in [2.24, 2.45) is 0 Å². The van der Waals surface area contributed by atoms with Crippen molar-refractivity contribution in [2.45, 2.75) is 6.54 Å². The SMILES string of the molecule is COc1ccc(Cl)cc1C(=O)NNC(=O)Cn1ncc(=O)c2ccccc21. The van der Waals surface area contributed by atoms with Crippen molar-refractivity contribution in [3.63, 3.8) is 0 Å². The molecule has 0 bridgehead atoms. The maximum absolute atomic E-state index is 12.3. The summed E-state index contributed by atoms with van der Waals surface area (Å²) in [6.07, 6.45) is 1.14. The Kier molecular flexibility index (Phi) is 5.37. The van der Waals surface area contributed by atoms with E-state index >= 15 is 0 Å². The minimum atomic E-state index is -0.583. The topological polar surface area (TPSA) is 102 Å². The maximum atomic E-state index is 12.3. The second-order valence-corrected chi connectivity index (χ2v) is 5.97. The molecule has 2 aromatic carbocycles. The molecule has 3 aromatic rings. The number of rotatable bonds is 4. The fraction of sp³-hybridized carbons (Fsp3) is 0.111. The molecular formula is C18H15ClN4O4. The average molecular weight is 387 g/mol. The fourth-order valence-electron chi connectivity index (χ4n) is 2.51. The van der Waals surface area contributed by atoms with Gasteiger partial charge in [-0.3, -0.25) is 29.9 Å². The van der Waals surface area contributed by atoms with Crippen LogP contribution >= 0.6 is 11.6 Å². The highest BCUT2D eigenvalue weighted by Gasteiger charge is 2.14. The van der Waals surface area contributed by atoms with Crippen LogP contribution in [-0.4, -0.2) is 28.7 Å². The van der Waals surface area contributed by atoms with Crippen LogP contribution in [0.15, 0.2) is 53.5 Å². The number of aromatic nitrogens is 2. The second-order valence-electron chi connectivity index (χ2n) is 5.53. The number of halogens is 1. The number of fused-ring (bicyclic) bond motifs is 1. The van der Waals surface area contributed by atoms with Gasteiger partial charge in [0.2, 0.25) is 5.43 Å². The lowest BCUT2D eigenvalue weighted by atomic mass is 10.2. The van der Waals surface area contributed by atoms with Crippen LogP contribution in [0.3, 0.4) is 0 Å². The molecule has 1 aromatic heterocycles. The average Bonchev–Trinajstić information content (AvgIpc) is 2.68. The van der Waals surface area contributed by atoms with Gasteiger partial charge in [-0.2, -0.15) is 5.10 Å². The van der Waals surface area contributed by atoms with E-state index in [1.165, 1.54) is 17.9 Å². The number of nitrogens with one attached hydrogen (secondary N) is 2. The molecule has 0 saturated carbocycles. The van der Waals surface area contributed by atoms with Crippen LogP contribution in [0.1, 0.15) is 10.4 Å². The van der Waals surface area contributed by atoms with Crippen molar-refractivity contribution in [2.75, 3.05) is 7.11 Å². The number of ether oxygens (including phenoxy) is 1. The molecule has 0 fully saturated rings. The quantitative estimate of drug-likeness (QED) is 0.662. The van der Waals surface area contributed by atoms with Gasteiger partial charge in [-0.05, 0) is 30.3 Å². The number of carbonyl (C=O) groups is 2. The zero-order valence-electron chi connectivity index (χ0n) is 14.2. The van der Waals surface area contributed by atoms with E-state index in [2.05, 4.69) is 16.0 Å². The molecule has 2 N–H and O–H groups in total. The number of methoxy groups -OCH3 is 1. The summed E-state index contributed by atoms with van der Waals surface area (Å²) < 4.78 is 6.48. The maximum Gasteiger partial charge on any atom is 0.273 e. The van der Waals surface area contributed by atoms with Crippen molar-refractivity contribution < 1.29 is 14.3 Å². The number of para-hydroxylation sites is 1. The fourth-order valence-corrected chi connectivity index (χ4v) is 2.69. The minimum absolute atomic E-state index is 0.178. The Morgan fingerprint density at radius 1 is 1.19 bits per heavy atom. The van der Waals surface area contributed by atoms with Crippen molar-refractivity contribution in [3.05, 3.63) is 69.5 Å². The molecule has 27 heavy (non-hydrogen) atoms. The number of amides is 2. The van der Waals surface area contributed by atoms with Crippen LogP contribution in [-0.2, 0) is 11.3 Å². The summed E-state index contributed by atoms with van der Waals surface area (Å²) in [6, 6.07) is 11.4. The molecule has 0 aliphatic carbocycles. The van der Waals surface area contributed by atoms with E-state index in [1.54, 1.807) is 36.4 Å². The first kappa shape index (κ1) is 18.4. The van der Waals surface area contributed by atoms with E-state index < -0.39 is 11.8 Å². The molecule has 3 rings (SSSR count). The molecule has 0 spiro atoms. The van der Waals surface area contributed by atoms with Gasteiger partial charge in [-0.1, -0.05) is 23.7 Å². The summed E-state index contributed by atoms with van der Waals surface area (Å²) in [5.41, 5.74) is 5.07. The lowest BCUT2D eigenvalue weighted by molar-refractivity contribution is -0.122. The van der Waals surface area contributed by atoms with Crippen molar-refractivity contribution in [1.29, 1.82) is 0 Å². The van der Waals surface area contributed by atoms with Gasteiger partial charge in [0.15, 0.2) is 0 Å². The largest absolute Gasteiger partial charge is 0.496 e. The first-order valence-electron chi connectivity index (χ1n) is 7.87. The molecule has 9 heteroatoms. The van der Waals surface area contributed by atoms with Gasteiger partial charge in [0.25, 0.3) is 11.8 Å². The summed E-state index contributed by atoms with van der Waals surface area (Å²) in [5.74, 6) is -0.787. The summed E-state index contributed by atoms with van der Waals surface area (Å²) in [7, 11) is 1.42.